The number of nitrogens with zero attached hydrogens (tertiary/aromatic N) is 1. The lowest BCUT2D eigenvalue weighted by Crippen LogP contribution is -2.70. The van der Waals surface area contributed by atoms with Gasteiger partial charge in [-0.3, -0.25) is 0 Å². The third-order valence-electron chi connectivity index (χ3n) is 13.7. The second kappa shape index (κ2) is 11.4. The molecule has 9 aromatic carbocycles. The number of thiophene rings is 1. The Morgan fingerprint density at radius 1 is 0.390 bits per heavy atom. The van der Waals surface area contributed by atoms with Crippen molar-refractivity contribution in [2.75, 3.05) is 4.90 Å². The average Bonchev–Trinajstić information content (AvgIpc) is 3.92. The molecule has 0 saturated heterocycles. The van der Waals surface area contributed by atoms with E-state index < -0.39 is 13.5 Å². The summed E-state index contributed by atoms with van der Waals surface area (Å²) in [5, 5.41) is 8.53. The summed E-state index contributed by atoms with van der Waals surface area (Å²) in [5.74, 6) is 1.80. The summed E-state index contributed by atoms with van der Waals surface area (Å²) in [6, 6.07) is 75.5. The number of hydrogen-bond acceptors (Lipinski definition) is 3. The van der Waals surface area contributed by atoms with Gasteiger partial charge in [0.05, 0.1) is 16.8 Å². The zero-order valence-electron chi connectivity index (χ0n) is 31.8. The lowest BCUT2D eigenvalue weighted by atomic mass is 9.61. The molecule has 0 amide bonds. The average molecular weight is 784 g/mol. The van der Waals surface area contributed by atoms with Crippen LogP contribution in [-0.2, 0) is 5.41 Å². The van der Waals surface area contributed by atoms with Crippen LogP contribution in [0, 0.1) is 0 Å². The monoisotopic (exact) mass is 783 g/mol. The maximum atomic E-state index is 6.77. The van der Waals surface area contributed by atoms with E-state index in [1.807, 2.05) is 11.3 Å². The van der Waals surface area contributed by atoms with Gasteiger partial charge in [0.25, 0.3) is 0 Å². The van der Waals surface area contributed by atoms with Gasteiger partial charge in [-0.1, -0.05) is 152 Å². The van der Waals surface area contributed by atoms with Gasteiger partial charge in [-0.05, 0) is 103 Å². The van der Waals surface area contributed by atoms with Crippen LogP contribution in [0.5, 0.6) is 11.5 Å². The molecule has 0 unspecified atom stereocenters. The Morgan fingerprint density at radius 2 is 0.932 bits per heavy atom. The molecular formula is C55H33NOSSi. The van der Waals surface area contributed by atoms with Gasteiger partial charge >= 0.3 is 0 Å². The molecule has 0 bridgehead atoms. The largest absolute Gasteiger partial charge is 0.457 e. The Balaban J connectivity index is 1.11. The Hall–Kier alpha value is -6.98. The molecule has 5 heterocycles. The molecule has 2 spiro atoms. The maximum Gasteiger partial charge on any atom is 0.182 e. The summed E-state index contributed by atoms with van der Waals surface area (Å²) < 4.78 is 9.37. The van der Waals surface area contributed by atoms with E-state index in [1.54, 1.807) is 0 Å². The van der Waals surface area contributed by atoms with E-state index >= 15 is 0 Å². The van der Waals surface area contributed by atoms with Gasteiger partial charge in [0.1, 0.15) is 11.5 Å². The van der Waals surface area contributed by atoms with Crippen LogP contribution in [0.1, 0.15) is 22.3 Å². The standard InChI is InChI=1S/C55H33NOSSi/c1-11-25-49-35(15-1)40-32-44-46(33-50(40)58-49)56(45-22-8-5-19-41(45)55(44)42-20-6-9-23-47(42)57-48-24-10-7-21-43(48)55)34-29-30-39-38-18-4-14-28-53(38)59(54(39)31-34)51-26-12-2-16-36(51)37-17-3-13-27-52(37)59/h1-33H. The minimum Gasteiger partial charge on any atom is -0.457 e. The van der Waals surface area contributed by atoms with Gasteiger partial charge in [0, 0.05) is 37.0 Å². The Labute approximate surface area is 346 Å². The summed E-state index contributed by atoms with van der Waals surface area (Å²) in [6.45, 7) is 0. The number of hydrogen-bond donors (Lipinski definition) is 0. The fourth-order valence-corrected chi connectivity index (χ4v) is 18.3. The van der Waals surface area contributed by atoms with Crippen molar-refractivity contribution in [3.05, 3.63) is 222 Å². The fraction of sp³-hybridized carbons (Fsp3) is 0.0182. The smallest absolute Gasteiger partial charge is 0.182 e. The van der Waals surface area contributed by atoms with Crippen LogP contribution in [-0.4, -0.2) is 8.07 Å². The molecule has 59 heavy (non-hydrogen) atoms. The first-order valence-electron chi connectivity index (χ1n) is 20.4. The van der Waals surface area contributed by atoms with Crippen molar-refractivity contribution in [2.45, 2.75) is 5.41 Å². The molecule has 10 aromatic rings. The third-order valence-corrected chi connectivity index (χ3v) is 19.8. The van der Waals surface area contributed by atoms with Crippen molar-refractivity contribution in [3.8, 4) is 33.8 Å². The summed E-state index contributed by atoms with van der Waals surface area (Å²) in [6.07, 6.45) is 0. The molecule has 14 rings (SSSR count). The molecule has 0 saturated carbocycles. The molecule has 4 aliphatic rings. The predicted octanol–water partition coefficient (Wildman–Crippen LogP) is 11.7. The highest BCUT2D eigenvalue weighted by atomic mass is 32.1. The van der Waals surface area contributed by atoms with Crippen molar-refractivity contribution in [1.29, 1.82) is 0 Å². The van der Waals surface area contributed by atoms with Crippen LogP contribution in [0.3, 0.4) is 0 Å². The van der Waals surface area contributed by atoms with E-state index in [1.165, 1.54) is 102 Å². The first kappa shape index (κ1) is 32.0. The SMILES string of the molecule is c1ccc2c(c1)Oc1ccccc1C21c2ccccc2N(c2ccc3c(c2)[Si]2(c4ccccc4-c4ccccc42)c2ccccc2-3)c2cc3sc4ccccc4c3cc21. The molecule has 4 aliphatic heterocycles. The number of ether oxygens (including phenoxy) is 1. The maximum absolute atomic E-state index is 6.77. The number of anilines is 3. The molecule has 0 fully saturated rings. The fourth-order valence-electron chi connectivity index (χ4n) is 11.6. The molecule has 1 aromatic heterocycles. The van der Waals surface area contributed by atoms with Crippen molar-refractivity contribution in [3.63, 3.8) is 0 Å². The van der Waals surface area contributed by atoms with Gasteiger partial charge in [0.15, 0.2) is 8.07 Å². The Morgan fingerprint density at radius 3 is 1.61 bits per heavy atom. The molecule has 0 aliphatic carbocycles. The van der Waals surface area contributed by atoms with Crippen LogP contribution in [0.4, 0.5) is 17.1 Å². The Bertz CT molecular complexity index is 3360. The third kappa shape index (κ3) is 3.82. The van der Waals surface area contributed by atoms with E-state index in [-0.39, 0.29) is 0 Å². The second-order valence-corrected chi connectivity index (χ2v) is 21.0. The van der Waals surface area contributed by atoms with Gasteiger partial charge in [-0.2, -0.15) is 0 Å². The number of para-hydroxylation sites is 3. The van der Waals surface area contributed by atoms with Gasteiger partial charge in [-0.15, -0.1) is 11.3 Å². The summed E-state index contributed by atoms with van der Waals surface area (Å²) >= 11 is 1.89. The highest BCUT2D eigenvalue weighted by molar-refractivity contribution is 7.26. The quantitative estimate of drug-likeness (QED) is 0.154. The zero-order valence-corrected chi connectivity index (χ0v) is 33.6. The normalized spacial score (nSPS) is 15.2. The summed E-state index contributed by atoms with van der Waals surface area (Å²) in [5.41, 5.74) is 13.3. The molecule has 274 valence electrons. The van der Waals surface area contributed by atoms with Crippen LogP contribution in [0.25, 0.3) is 42.4 Å². The Kier molecular flexibility index (Phi) is 6.16. The minimum atomic E-state index is -2.67. The van der Waals surface area contributed by atoms with E-state index in [2.05, 4.69) is 205 Å². The van der Waals surface area contributed by atoms with Crippen LogP contribution >= 0.6 is 11.3 Å². The van der Waals surface area contributed by atoms with Crippen molar-refractivity contribution < 1.29 is 4.74 Å². The summed E-state index contributed by atoms with van der Waals surface area (Å²) in [4.78, 5) is 2.58. The molecular weight excluding hydrogens is 751 g/mol. The van der Waals surface area contributed by atoms with Crippen LogP contribution < -0.4 is 30.4 Å². The van der Waals surface area contributed by atoms with Gasteiger partial charge in [0.2, 0.25) is 0 Å². The molecule has 4 heteroatoms. The van der Waals surface area contributed by atoms with Crippen molar-refractivity contribution >= 4 is 77.4 Å². The van der Waals surface area contributed by atoms with Gasteiger partial charge < -0.3 is 9.64 Å². The lowest BCUT2D eigenvalue weighted by molar-refractivity contribution is 0.434. The van der Waals surface area contributed by atoms with E-state index in [0.29, 0.717) is 0 Å². The zero-order chi connectivity index (χ0) is 38.5. The lowest BCUT2D eigenvalue weighted by Gasteiger charge is -2.48. The second-order valence-electron chi connectivity index (χ2n) is 16.3. The first-order chi connectivity index (χ1) is 29.3. The minimum absolute atomic E-state index is 0.628. The van der Waals surface area contributed by atoms with E-state index in [4.69, 9.17) is 4.74 Å². The topological polar surface area (TPSA) is 12.5 Å². The van der Waals surface area contributed by atoms with Crippen LogP contribution in [0.2, 0.25) is 0 Å². The molecule has 0 radical (unpaired) electrons. The highest BCUT2D eigenvalue weighted by Crippen LogP contribution is 2.63. The first-order valence-corrected chi connectivity index (χ1v) is 23.2. The molecule has 0 N–H and O–H groups in total. The highest BCUT2D eigenvalue weighted by Gasteiger charge is 2.55. The predicted molar refractivity (Wildman–Crippen MR) is 248 cm³/mol. The number of benzene rings is 9. The van der Waals surface area contributed by atoms with Crippen molar-refractivity contribution in [1.82, 2.24) is 0 Å². The molecule has 0 atom stereocenters. The summed E-state index contributed by atoms with van der Waals surface area (Å²) in [7, 11) is -2.67. The van der Waals surface area contributed by atoms with Crippen LogP contribution in [0.15, 0.2) is 200 Å². The van der Waals surface area contributed by atoms with Crippen molar-refractivity contribution in [2.24, 2.45) is 0 Å². The number of rotatable bonds is 1. The molecule has 2 nitrogen and oxygen atoms in total. The number of fused-ring (bicyclic) bond motifs is 21. The van der Waals surface area contributed by atoms with E-state index in [0.717, 1.165) is 11.5 Å². The van der Waals surface area contributed by atoms with E-state index in [9.17, 15) is 0 Å². The van der Waals surface area contributed by atoms with Gasteiger partial charge in [-0.25, -0.2) is 0 Å².